The first-order valence-electron chi connectivity index (χ1n) is 11.1. The van der Waals surface area contributed by atoms with Crippen LogP contribution in [0.15, 0.2) is 103 Å². The zero-order valence-corrected chi connectivity index (χ0v) is 18.8. The van der Waals surface area contributed by atoms with Crippen molar-refractivity contribution in [2.75, 3.05) is 0 Å². The molecule has 1 aliphatic rings. The van der Waals surface area contributed by atoms with E-state index in [1.165, 1.54) is 10.8 Å². The van der Waals surface area contributed by atoms with Crippen LogP contribution in [0.3, 0.4) is 0 Å². The number of carbonyl (C=O) groups excluding carboxylic acids is 2. The average molecular weight is 456 g/mol. The van der Waals surface area contributed by atoms with Gasteiger partial charge in [0.05, 0.1) is 16.8 Å². The number of thiophene rings is 1. The van der Waals surface area contributed by atoms with Crippen LogP contribution in [0.2, 0.25) is 0 Å². The molecular formula is C30H17NO2S. The molecule has 0 radical (unpaired) electrons. The van der Waals surface area contributed by atoms with Gasteiger partial charge in [-0.1, -0.05) is 78.9 Å². The second-order valence-electron chi connectivity index (χ2n) is 8.48. The number of ketones is 2. The number of hydrogen-bond donors (Lipinski definition) is 0. The molecule has 0 amide bonds. The Bertz CT molecular complexity index is 1810. The molecule has 7 rings (SSSR count). The second kappa shape index (κ2) is 7.11. The molecule has 0 saturated carbocycles. The lowest BCUT2D eigenvalue weighted by molar-refractivity contribution is 0.0990. The van der Waals surface area contributed by atoms with Crippen LogP contribution in [0, 0.1) is 0 Å². The van der Waals surface area contributed by atoms with Crippen LogP contribution in [0.1, 0.15) is 25.6 Å². The van der Waals surface area contributed by atoms with Crippen LogP contribution < -0.4 is 0 Å². The SMILES string of the molecule is O=C1C(=Cc2cc3c4ccccc4n(-c4cccc5ccccc45)c3s2)C(=O)c2ccccc21. The van der Waals surface area contributed by atoms with Crippen molar-refractivity contribution in [2.24, 2.45) is 0 Å². The highest BCUT2D eigenvalue weighted by Gasteiger charge is 2.32. The number of Topliss-reactive ketones (excluding diaryl/α,β-unsaturated/α-hetero) is 2. The highest BCUT2D eigenvalue weighted by atomic mass is 32.1. The third-order valence-corrected chi connectivity index (χ3v) is 7.64. The third-order valence-electron chi connectivity index (χ3n) is 6.57. The summed E-state index contributed by atoms with van der Waals surface area (Å²) >= 11 is 1.60. The fourth-order valence-electron chi connectivity index (χ4n) is 5.02. The minimum atomic E-state index is -0.194. The van der Waals surface area contributed by atoms with Crippen molar-refractivity contribution in [1.82, 2.24) is 4.57 Å². The van der Waals surface area contributed by atoms with Crippen molar-refractivity contribution in [3.63, 3.8) is 0 Å². The number of hydrogen-bond acceptors (Lipinski definition) is 3. The van der Waals surface area contributed by atoms with Crippen molar-refractivity contribution in [2.45, 2.75) is 0 Å². The summed E-state index contributed by atoms with van der Waals surface area (Å²) in [6, 6.07) is 32.3. The summed E-state index contributed by atoms with van der Waals surface area (Å²) in [6.45, 7) is 0. The fraction of sp³-hybridized carbons (Fsp3) is 0. The summed E-state index contributed by atoms with van der Waals surface area (Å²) in [5.74, 6) is -0.388. The molecule has 0 unspecified atom stereocenters. The molecule has 0 aliphatic heterocycles. The molecule has 0 atom stereocenters. The van der Waals surface area contributed by atoms with Gasteiger partial charge in [-0.25, -0.2) is 0 Å². The molecule has 1 aliphatic carbocycles. The first kappa shape index (κ1) is 19.2. The average Bonchev–Trinajstić information content (AvgIpc) is 3.49. The number of para-hydroxylation sites is 1. The lowest BCUT2D eigenvalue weighted by Gasteiger charge is -2.10. The van der Waals surface area contributed by atoms with Gasteiger partial charge < -0.3 is 4.57 Å². The van der Waals surface area contributed by atoms with Gasteiger partial charge in [0.15, 0.2) is 11.6 Å². The van der Waals surface area contributed by atoms with Crippen LogP contribution in [-0.4, -0.2) is 16.1 Å². The number of carbonyl (C=O) groups is 2. The Morgan fingerprint density at radius 3 is 2.09 bits per heavy atom. The van der Waals surface area contributed by atoms with E-state index in [1.807, 2.05) is 6.07 Å². The molecule has 4 heteroatoms. The summed E-state index contributed by atoms with van der Waals surface area (Å²) in [4.78, 5) is 27.8. The van der Waals surface area contributed by atoms with Crippen LogP contribution in [0.25, 0.3) is 43.7 Å². The van der Waals surface area contributed by atoms with Crippen LogP contribution in [0.4, 0.5) is 0 Å². The number of rotatable bonds is 2. The minimum absolute atomic E-state index is 0.194. The topological polar surface area (TPSA) is 39.1 Å². The molecule has 0 saturated heterocycles. The van der Waals surface area contributed by atoms with Gasteiger partial charge >= 0.3 is 0 Å². The van der Waals surface area contributed by atoms with Crippen molar-refractivity contribution in [1.29, 1.82) is 0 Å². The van der Waals surface area contributed by atoms with Gasteiger partial charge in [-0.05, 0) is 29.7 Å². The van der Waals surface area contributed by atoms with E-state index in [2.05, 4.69) is 71.3 Å². The van der Waals surface area contributed by atoms with Crippen LogP contribution >= 0.6 is 11.3 Å². The predicted octanol–water partition coefficient (Wildman–Crippen LogP) is 7.46. The molecule has 2 heterocycles. The molecule has 3 nitrogen and oxygen atoms in total. The molecule has 2 aromatic heterocycles. The maximum Gasteiger partial charge on any atom is 0.197 e. The number of allylic oxidation sites excluding steroid dienone is 1. The van der Waals surface area contributed by atoms with E-state index in [9.17, 15) is 9.59 Å². The molecule has 4 aromatic carbocycles. The van der Waals surface area contributed by atoms with E-state index in [0.29, 0.717) is 11.1 Å². The lowest BCUT2D eigenvalue weighted by Crippen LogP contribution is -1.99. The van der Waals surface area contributed by atoms with E-state index in [0.717, 1.165) is 31.7 Å². The normalized spacial score (nSPS) is 13.4. The van der Waals surface area contributed by atoms with E-state index in [1.54, 1.807) is 41.7 Å². The highest BCUT2D eigenvalue weighted by Crippen LogP contribution is 2.40. The Morgan fingerprint density at radius 2 is 1.29 bits per heavy atom. The van der Waals surface area contributed by atoms with Gasteiger partial charge in [-0.15, -0.1) is 11.3 Å². The number of nitrogens with zero attached hydrogens (tertiary/aromatic N) is 1. The molecule has 0 N–H and O–H groups in total. The quantitative estimate of drug-likeness (QED) is 0.201. The van der Waals surface area contributed by atoms with E-state index >= 15 is 0 Å². The Kier molecular flexibility index (Phi) is 4.02. The van der Waals surface area contributed by atoms with Gasteiger partial charge in [-0.3, -0.25) is 9.59 Å². The number of benzene rings is 4. The number of fused-ring (bicyclic) bond motifs is 5. The van der Waals surface area contributed by atoms with Crippen molar-refractivity contribution in [3.8, 4) is 5.69 Å². The predicted molar refractivity (Wildman–Crippen MR) is 139 cm³/mol. The molecule has 0 bridgehead atoms. The molecule has 0 spiro atoms. The minimum Gasteiger partial charge on any atom is -0.300 e. The van der Waals surface area contributed by atoms with Crippen LogP contribution in [-0.2, 0) is 0 Å². The molecule has 34 heavy (non-hydrogen) atoms. The standard InChI is InChI=1S/C30H17NO2S/c32-28-22-12-3-4-13-23(22)29(33)25(28)17-19-16-24-21-11-5-6-14-27(21)31(30(24)34-19)26-15-7-9-18-8-1-2-10-20(18)26/h1-17H. The Balaban J connectivity index is 1.48. The van der Waals surface area contributed by atoms with Gasteiger partial charge in [0.2, 0.25) is 0 Å². The monoisotopic (exact) mass is 455 g/mol. The first-order valence-corrected chi connectivity index (χ1v) is 11.9. The lowest BCUT2D eigenvalue weighted by atomic mass is 10.1. The third kappa shape index (κ3) is 2.63. The summed E-state index contributed by atoms with van der Waals surface area (Å²) in [5, 5.41) is 4.64. The zero-order valence-electron chi connectivity index (χ0n) is 18.0. The summed E-state index contributed by atoms with van der Waals surface area (Å²) in [7, 11) is 0. The second-order valence-corrected chi connectivity index (χ2v) is 9.54. The molecule has 0 fully saturated rings. The zero-order chi connectivity index (χ0) is 22.8. The Labute approximate surface area is 199 Å². The van der Waals surface area contributed by atoms with Crippen molar-refractivity contribution >= 4 is 60.9 Å². The van der Waals surface area contributed by atoms with E-state index in [-0.39, 0.29) is 17.1 Å². The molecular weight excluding hydrogens is 438 g/mol. The summed E-state index contributed by atoms with van der Waals surface area (Å²) in [6.07, 6.45) is 1.76. The van der Waals surface area contributed by atoms with E-state index in [4.69, 9.17) is 0 Å². The van der Waals surface area contributed by atoms with Gasteiger partial charge in [0, 0.05) is 32.2 Å². The summed E-state index contributed by atoms with van der Waals surface area (Å²) < 4.78 is 2.30. The highest BCUT2D eigenvalue weighted by molar-refractivity contribution is 7.19. The Morgan fingerprint density at radius 1 is 0.647 bits per heavy atom. The van der Waals surface area contributed by atoms with Gasteiger partial charge in [-0.2, -0.15) is 0 Å². The fourth-order valence-corrected chi connectivity index (χ4v) is 6.17. The van der Waals surface area contributed by atoms with Gasteiger partial charge in [0.1, 0.15) is 4.83 Å². The smallest absolute Gasteiger partial charge is 0.197 e. The molecule has 6 aromatic rings. The van der Waals surface area contributed by atoms with Gasteiger partial charge in [0.25, 0.3) is 0 Å². The Hall–Kier alpha value is -4.28. The molecule has 160 valence electrons. The van der Waals surface area contributed by atoms with E-state index < -0.39 is 0 Å². The maximum atomic E-state index is 12.9. The van der Waals surface area contributed by atoms with Crippen LogP contribution in [0.5, 0.6) is 0 Å². The summed E-state index contributed by atoms with van der Waals surface area (Å²) in [5.41, 5.74) is 3.48. The van der Waals surface area contributed by atoms with Crippen molar-refractivity contribution < 1.29 is 9.59 Å². The number of aromatic nitrogens is 1. The van der Waals surface area contributed by atoms with Crippen molar-refractivity contribution in [3.05, 3.63) is 119 Å². The largest absolute Gasteiger partial charge is 0.300 e. The maximum absolute atomic E-state index is 12.9. The first-order chi connectivity index (χ1) is 16.7.